The van der Waals surface area contributed by atoms with Gasteiger partial charge in [0, 0.05) is 54.9 Å². The molecule has 1 amide bonds. The second kappa shape index (κ2) is 22.6. The summed E-state index contributed by atoms with van der Waals surface area (Å²) in [5, 5.41) is 8.85. The third-order valence-electron chi connectivity index (χ3n) is 7.28. The first-order valence-corrected chi connectivity index (χ1v) is 17.0. The van der Waals surface area contributed by atoms with Gasteiger partial charge in [-0.1, -0.05) is 84.5 Å². The number of rotatable bonds is 13. The van der Waals surface area contributed by atoms with Crippen LogP contribution in [0.1, 0.15) is 79.7 Å². The first-order chi connectivity index (χ1) is 22.8. The molecule has 262 valence electrons. The maximum absolute atomic E-state index is 14.7. The molecule has 10 heteroatoms. The number of carbonyl (C=O) groups excluding carboxylic acids is 1. The zero-order chi connectivity index (χ0) is 36.1. The topological polar surface area (TPSA) is 68.9 Å². The number of amides is 1. The number of ether oxygens (including phenoxy) is 1. The number of allylic oxidation sites excluding steroid dienone is 11. The van der Waals surface area contributed by atoms with E-state index in [9.17, 15) is 18.0 Å². The molecule has 0 aliphatic carbocycles. The van der Waals surface area contributed by atoms with E-state index < -0.39 is 18.4 Å². The van der Waals surface area contributed by atoms with Crippen molar-refractivity contribution < 1.29 is 22.7 Å². The van der Waals surface area contributed by atoms with Gasteiger partial charge in [0.25, 0.3) is 5.66 Å². The van der Waals surface area contributed by atoms with Gasteiger partial charge in [-0.2, -0.15) is 14.0 Å². The summed E-state index contributed by atoms with van der Waals surface area (Å²) in [7, 11) is 1.36. The summed E-state index contributed by atoms with van der Waals surface area (Å²) in [6, 6.07) is 8.80. The maximum Gasteiger partial charge on any atom is 0.410 e. The van der Waals surface area contributed by atoms with E-state index in [1.165, 1.54) is 25.8 Å². The lowest BCUT2D eigenvalue weighted by Gasteiger charge is -2.37. The smallest absolute Gasteiger partial charge is 0.410 e. The summed E-state index contributed by atoms with van der Waals surface area (Å²) in [5.41, 5.74) is 2.51. The van der Waals surface area contributed by atoms with Crippen LogP contribution in [-0.2, 0) is 4.74 Å². The van der Waals surface area contributed by atoms with Crippen LogP contribution in [0.4, 0.5) is 18.0 Å². The van der Waals surface area contributed by atoms with Crippen molar-refractivity contribution in [3.8, 4) is 6.07 Å². The Bertz CT molecular complexity index is 1440. The highest BCUT2D eigenvalue weighted by Gasteiger charge is 2.29. The molecule has 1 aliphatic rings. The number of nitrogens with zero attached hydrogens (tertiary/aromatic N) is 4. The van der Waals surface area contributed by atoms with E-state index in [0.29, 0.717) is 31.7 Å². The van der Waals surface area contributed by atoms with E-state index in [1.54, 1.807) is 24.4 Å². The number of hydrogen-bond donors (Lipinski definition) is 0. The van der Waals surface area contributed by atoms with Crippen molar-refractivity contribution in [2.45, 2.75) is 79.8 Å². The summed E-state index contributed by atoms with van der Waals surface area (Å²) in [5.74, 6) is -0.323. The summed E-state index contributed by atoms with van der Waals surface area (Å²) >= 11 is 0. The van der Waals surface area contributed by atoms with Gasteiger partial charge in [0.2, 0.25) is 0 Å². The average molecular weight is 685 g/mol. The zero-order valence-electron chi connectivity index (χ0n) is 29.5. The number of benzene rings is 1. The van der Waals surface area contributed by atoms with Crippen LogP contribution in [0.15, 0.2) is 94.3 Å². The minimum absolute atomic E-state index is 0.322. The number of piperazine rings is 1. The molecule has 1 heterocycles. The first kappa shape index (κ1) is 42.1. The monoisotopic (exact) mass is 684 g/mol. The van der Waals surface area contributed by atoms with Crippen molar-refractivity contribution >= 4 is 26.6 Å². The van der Waals surface area contributed by atoms with Crippen molar-refractivity contribution in [2.75, 3.05) is 32.8 Å². The molecule has 0 N–H and O–H groups in total. The quantitative estimate of drug-likeness (QED) is 0.0898. The third-order valence-corrected chi connectivity index (χ3v) is 7.44. The molecule has 0 radical (unpaired) electrons. The molecule has 1 fully saturated rings. The molecular weight excluding hydrogens is 632 g/mol. The van der Waals surface area contributed by atoms with Gasteiger partial charge in [0.15, 0.2) is 6.61 Å². The van der Waals surface area contributed by atoms with Crippen molar-refractivity contribution in [3.05, 3.63) is 101 Å². The molecule has 1 aromatic rings. The fourth-order valence-corrected chi connectivity index (χ4v) is 4.97. The Morgan fingerprint density at radius 2 is 1.69 bits per heavy atom. The highest BCUT2D eigenvalue weighted by Crippen LogP contribution is 2.31. The predicted molar refractivity (Wildman–Crippen MR) is 196 cm³/mol. The van der Waals surface area contributed by atoms with Gasteiger partial charge in [-0.3, -0.25) is 4.99 Å². The van der Waals surface area contributed by atoms with Crippen LogP contribution in [-0.4, -0.2) is 60.1 Å². The molecule has 2 rings (SSSR count). The Balaban J connectivity index is 0.000000692. The molecule has 1 saturated heterocycles. The molecule has 1 aliphatic heterocycles. The lowest BCUT2D eigenvalue weighted by atomic mass is 9.92. The van der Waals surface area contributed by atoms with E-state index >= 15 is 0 Å². The fraction of sp³-hybridized carbons (Fsp3) is 0.447. The Hall–Kier alpha value is -3.89. The van der Waals surface area contributed by atoms with E-state index in [0.717, 1.165) is 53.8 Å². The number of aliphatic imine (C=N–C) groups is 1. The van der Waals surface area contributed by atoms with Crippen LogP contribution >= 0.6 is 9.24 Å². The summed E-state index contributed by atoms with van der Waals surface area (Å²) in [6.45, 7) is 14.6. The van der Waals surface area contributed by atoms with E-state index in [-0.39, 0.29) is 5.82 Å². The van der Waals surface area contributed by atoms with Crippen molar-refractivity contribution in [2.24, 2.45) is 4.99 Å². The molecular formula is C38H52F3N4O2P. The molecule has 0 aromatic heterocycles. The third kappa shape index (κ3) is 15.3. The largest absolute Gasteiger partial charge is 0.443 e. The van der Waals surface area contributed by atoms with Crippen LogP contribution in [0, 0.1) is 17.1 Å². The predicted octanol–water partition coefficient (Wildman–Crippen LogP) is 10.3. The van der Waals surface area contributed by atoms with Gasteiger partial charge >= 0.3 is 6.09 Å². The summed E-state index contributed by atoms with van der Waals surface area (Å²) in [6.07, 6.45) is 16.7. The molecule has 0 spiro atoms. The molecule has 48 heavy (non-hydrogen) atoms. The molecule has 1 unspecified atom stereocenters. The van der Waals surface area contributed by atoms with Gasteiger partial charge in [-0.25, -0.2) is 9.18 Å². The Morgan fingerprint density at radius 1 is 1.06 bits per heavy atom. The maximum atomic E-state index is 14.7. The first-order valence-electron chi connectivity index (χ1n) is 16.4. The Labute approximate surface area is 288 Å². The molecule has 6 nitrogen and oxygen atoms in total. The molecule has 1 aromatic carbocycles. The van der Waals surface area contributed by atoms with Crippen LogP contribution in [0.25, 0.3) is 5.57 Å². The standard InChI is InChI=1S/C25H33F3N3O2P.C13H19N/c1-5-7-12-29-18(3)23(20(6-2)21-10-8-9-11-22(21)26)19(4)30-13-15-31(16-14-30)24(32)33-17-25(27,28)34;1-4-6-7-9-13(11-14)10-12(3)8-5-2/h6-12H,5,13-17,34H2,1-4H3;6-7,9-10H,4-5,8H2,1-3H3/b12-7+,20-6-,23-19-,29-18+;7-6+,12-10+,13-9+. The van der Waals surface area contributed by atoms with Gasteiger partial charge < -0.3 is 14.5 Å². The normalized spacial score (nSPS) is 15.7. The molecule has 1 atom stereocenters. The van der Waals surface area contributed by atoms with Crippen LogP contribution < -0.4 is 0 Å². The number of hydrogen-bond acceptors (Lipinski definition) is 5. The SMILES string of the molecule is CC/C=C/C=C(C#N)\C=C(/C)CCC.C\C=C(C(/C(C)=N/C=C/CC)=C(/C)N1CCN(C(=O)OCC(F)(F)P)CC1)\c1ccccc1F. The van der Waals surface area contributed by atoms with Gasteiger partial charge in [0.05, 0.1) is 11.6 Å². The van der Waals surface area contributed by atoms with Gasteiger partial charge in [-0.15, -0.1) is 0 Å². The number of alkyl halides is 2. The van der Waals surface area contributed by atoms with Crippen LogP contribution in [0.2, 0.25) is 0 Å². The number of carbonyl (C=O) groups is 1. The van der Waals surface area contributed by atoms with E-state index in [4.69, 9.17) is 10.00 Å². The van der Waals surface area contributed by atoms with Crippen LogP contribution in [0.3, 0.4) is 0 Å². The second-order valence-corrected chi connectivity index (χ2v) is 12.1. The Kier molecular flexibility index (Phi) is 19.9. The van der Waals surface area contributed by atoms with Crippen molar-refractivity contribution in [3.63, 3.8) is 0 Å². The van der Waals surface area contributed by atoms with Crippen molar-refractivity contribution in [1.82, 2.24) is 9.80 Å². The average Bonchev–Trinajstić information content (AvgIpc) is 3.06. The van der Waals surface area contributed by atoms with Crippen molar-refractivity contribution in [1.29, 1.82) is 5.26 Å². The minimum atomic E-state index is -3.15. The Morgan fingerprint density at radius 3 is 2.23 bits per heavy atom. The minimum Gasteiger partial charge on any atom is -0.443 e. The van der Waals surface area contributed by atoms with Crippen LogP contribution in [0.5, 0.6) is 0 Å². The number of nitriles is 1. The highest BCUT2D eigenvalue weighted by molar-refractivity contribution is 7.18. The summed E-state index contributed by atoms with van der Waals surface area (Å²) < 4.78 is 45.4. The number of halogens is 3. The lowest BCUT2D eigenvalue weighted by molar-refractivity contribution is 0.00423. The summed E-state index contributed by atoms with van der Waals surface area (Å²) in [4.78, 5) is 20.2. The van der Waals surface area contributed by atoms with E-state index in [1.807, 2.05) is 64.2 Å². The lowest BCUT2D eigenvalue weighted by Crippen LogP contribution is -2.48. The molecule has 0 bridgehead atoms. The van der Waals surface area contributed by atoms with Gasteiger partial charge in [0.1, 0.15) is 5.82 Å². The molecule has 0 saturated carbocycles. The zero-order valence-corrected chi connectivity index (χ0v) is 30.7. The van der Waals surface area contributed by atoms with E-state index in [2.05, 4.69) is 36.7 Å². The second-order valence-electron chi connectivity index (χ2n) is 11.3. The highest BCUT2D eigenvalue weighted by atomic mass is 31.0. The van der Waals surface area contributed by atoms with Gasteiger partial charge in [-0.05, 0) is 70.7 Å². The fourth-order valence-electron chi connectivity index (χ4n) is 4.89.